The molecule has 0 N–H and O–H groups in total. The van der Waals surface area contributed by atoms with Gasteiger partial charge in [0.15, 0.2) is 0 Å². The third-order valence-corrected chi connectivity index (χ3v) is 23.6. The summed E-state index contributed by atoms with van der Waals surface area (Å²) >= 11 is 0. The second kappa shape index (κ2) is 25.6. The molecular weight excluding hydrogens is 1340 g/mol. The molecule has 19 aromatic rings. The summed E-state index contributed by atoms with van der Waals surface area (Å²) in [6.07, 6.45) is 0. The molecule has 0 saturated carbocycles. The number of hydrogen-bond donors (Lipinski definition) is 0. The number of rotatable bonds is 10. The molecule has 0 atom stereocenters. The summed E-state index contributed by atoms with van der Waals surface area (Å²) < 4.78 is 9.33. The van der Waals surface area contributed by atoms with Crippen molar-refractivity contribution in [3.8, 4) is 83.6 Å². The van der Waals surface area contributed by atoms with Crippen LogP contribution >= 0.6 is 0 Å². The van der Waals surface area contributed by atoms with Gasteiger partial charge < -0.3 is 18.8 Å². The van der Waals surface area contributed by atoms with Gasteiger partial charge in [-0.15, -0.1) is 0 Å². The summed E-state index contributed by atoms with van der Waals surface area (Å²) in [5.74, 6) is 0. The Balaban J connectivity index is 0.976. The van der Waals surface area contributed by atoms with Gasteiger partial charge in [-0.1, -0.05) is 333 Å². The fraction of sp³-hybridized carbons (Fsp3) is 0.0755. The van der Waals surface area contributed by atoms with Crippen LogP contribution in [0.2, 0.25) is 0 Å². The number of hydrogen-bond acceptors (Lipinski definition) is 3. The minimum Gasteiger partial charge on any atom is -0.456 e. The number of para-hydroxylation sites is 3. The lowest BCUT2D eigenvalue weighted by molar-refractivity contribution is 0.590. The van der Waals surface area contributed by atoms with Crippen molar-refractivity contribution in [3.63, 3.8) is 0 Å². The van der Waals surface area contributed by atoms with Gasteiger partial charge in [0.25, 0.3) is 6.71 Å². The van der Waals surface area contributed by atoms with Crippen LogP contribution in [-0.2, 0) is 10.8 Å². The van der Waals surface area contributed by atoms with Gasteiger partial charge >= 0.3 is 0 Å². The minimum absolute atomic E-state index is 0.230. The van der Waals surface area contributed by atoms with Crippen molar-refractivity contribution < 1.29 is 4.42 Å². The number of furan rings is 1. The van der Waals surface area contributed by atoms with Crippen molar-refractivity contribution in [2.24, 2.45) is 0 Å². The molecule has 4 heterocycles. The monoisotopic (exact) mass is 1420 g/mol. The molecular formula is C106H78BN3O. The van der Waals surface area contributed by atoms with Gasteiger partial charge in [-0.3, -0.25) is 0 Å². The molecule has 21 rings (SSSR count). The molecule has 0 spiro atoms. The zero-order valence-corrected chi connectivity index (χ0v) is 63.0. The lowest BCUT2D eigenvalue weighted by Gasteiger charge is -2.46. The van der Waals surface area contributed by atoms with E-state index in [-0.39, 0.29) is 17.5 Å². The highest BCUT2D eigenvalue weighted by atomic mass is 16.3. The molecule has 0 amide bonds. The van der Waals surface area contributed by atoms with Crippen molar-refractivity contribution >= 4 is 123 Å². The van der Waals surface area contributed by atoms with Crippen LogP contribution in [0.1, 0.15) is 52.7 Å². The van der Waals surface area contributed by atoms with E-state index in [1.807, 2.05) is 0 Å². The summed E-state index contributed by atoms with van der Waals surface area (Å²) in [4.78, 5) is 5.46. The summed E-state index contributed by atoms with van der Waals surface area (Å²) in [5, 5.41) is 9.40. The van der Waals surface area contributed by atoms with Gasteiger partial charge in [0.05, 0.1) is 28.1 Å². The Kier molecular flexibility index (Phi) is 15.2. The van der Waals surface area contributed by atoms with Crippen molar-refractivity contribution in [2.45, 2.75) is 52.4 Å². The molecule has 0 saturated heterocycles. The summed E-state index contributed by atoms with van der Waals surface area (Å²) in [5.41, 5.74) is 33.3. The Morgan fingerprint density at radius 2 is 0.613 bits per heavy atom. The SMILES string of the molecule is CC(C)(C)c1cc(-c2ccccc2)c(N2c3cc(-c4c5ccccc5c(-c5ccccc5)c5ccccc45)ccc3B3c4ccc(-c5cccc6oc7ccccc7c56)cc4N(c4c(-c5ccccc5)cc(C(C)(C)C)cc4-c4ccccc4)c4cc(-n5c6ccccc6c6ccccc65)cc2c43)c(-c2ccccc2)c1. The number of fused-ring (bicyclic) bond motifs is 12. The topological polar surface area (TPSA) is 24.6 Å². The molecule has 0 radical (unpaired) electrons. The zero-order chi connectivity index (χ0) is 74.4. The van der Waals surface area contributed by atoms with Crippen molar-refractivity contribution in [1.29, 1.82) is 0 Å². The average molecular weight is 1420 g/mol. The van der Waals surface area contributed by atoms with Crippen molar-refractivity contribution in [1.82, 2.24) is 4.57 Å². The Labute approximate surface area is 648 Å². The predicted molar refractivity (Wildman–Crippen MR) is 473 cm³/mol. The number of benzene rings is 17. The Bertz CT molecular complexity index is 6730. The number of aromatic nitrogens is 1. The van der Waals surface area contributed by atoms with Gasteiger partial charge in [-0.25, -0.2) is 0 Å². The fourth-order valence-electron chi connectivity index (χ4n) is 18.4. The van der Waals surface area contributed by atoms with Crippen LogP contribution in [0.5, 0.6) is 0 Å². The highest BCUT2D eigenvalue weighted by molar-refractivity contribution is 7.00. The van der Waals surface area contributed by atoms with Gasteiger partial charge in [0.1, 0.15) is 11.2 Å². The van der Waals surface area contributed by atoms with Crippen molar-refractivity contribution in [3.05, 3.63) is 375 Å². The van der Waals surface area contributed by atoms with Crippen molar-refractivity contribution in [2.75, 3.05) is 9.80 Å². The van der Waals surface area contributed by atoms with E-state index in [0.717, 1.165) is 134 Å². The molecule has 17 aromatic carbocycles. The molecule has 0 bridgehead atoms. The lowest BCUT2D eigenvalue weighted by Crippen LogP contribution is -2.61. The third-order valence-electron chi connectivity index (χ3n) is 23.6. The van der Waals surface area contributed by atoms with E-state index in [1.54, 1.807) is 0 Å². The molecule has 0 aliphatic carbocycles. The van der Waals surface area contributed by atoms with E-state index in [9.17, 15) is 0 Å². The molecule has 2 aliphatic heterocycles. The minimum atomic E-state index is -0.314. The molecule has 5 heteroatoms. The first-order chi connectivity index (χ1) is 54.4. The maximum Gasteiger partial charge on any atom is 0.252 e. The largest absolute Gasteiger partial charge is 0.456 e. The average Bonchev–Trinajstić information content (AvgIpc) is 1.01. The maximum atomic E-state index is 6.78. The van der Waals surface area contributed by atoms with Gasteiger partial charge in [-0.2, -0.15) is 0 Å². The van der Waals surface area contributed by atoms with Crippen LogP contribution in [0, 0.1) is 0 Å². The van der Waals surface area contributed by atoms with Crippen LogP contribution < -0.4 is 26.2 Å². The van der Waals surface area contributed by atoms with Gasteiger partial charge in [0.2, 0.25) is 0 Å². The molecule has 2 aliphatic rings. The Morgan fingerprint density at radius 1 is 0.261 bits per heavy atom. The number of anilines is 6. The Morgan fingerprint density at radius 3 is 1.05 bits per heavy atom. The summed E-state index contributed by atoms with van der Waals surface area (Å²) in [7, 11) is 0. The maximum absolute atomic E-state index is 6.78. The van der Waals surface area contributed by atoms with E-state index < -0.39 is 0 Å². The lowest BCUT2D eigenvalue weighted by atomic mass is 9.33. The van der Waals surface area contributed by atoms with Crippen LogP contribution in [0.3, 0.4) is 0 Å². The predicted octanol–water partition coefficient (Wildman–Crippen LogP) is 27.3. The van der Waals surface area contributed by atoms with Crippen LogP contribution in [0.25, 0.3) is 149 Å². The van der Waals surface area contributed by atoms with E-state index in [1.165, 1.54) is 76.5 Å². The molecule has 526 valence electrons. The van der Waals surface area contributed by atoms with Crippen LogP contribution in [0.4, 0.5) is 34.1 Å². The first-order valence-corrected chi connectivity index (χ1v) is 38.9. The fourth-order valence-corrected chi connectivity index (χ4v) is 18.4. The quantitative estimate of drug-likeness (QED) is 0.101. The van der Waals surface area contributed by atoms with E-state index in [2.05, 4.69) is 420 Å². The molecule has 111 heavy (non-hydrogen) atoms. The van der Waals surface area contributed by atoms with Crippen LogP contribution in [0.15, 0.2) is 368 Å². The van der Waals surface area contributed by atoms with E-state index >= 15 is 0 Å². The highest BCUT2D eigenvalue weighted by Crippen LogP contribution is 2.57. The summed E-state index contributed by atoms with van der Waals surface area (Å²) in [6, 6.07) is 137. The second-order valence-electron chi connectivity index (χ2n) is 32.2. The zero-order valence-electron chi connectivity index (χ0n) is 63.0. The molecule has 0 fully saturated rings. The van der Waals surface area contributed by atoms with Crippen LogP contribution in [-0.4, -0.2) is 11.3 Å². The molecule has 4 nitrogen and oxygen atoms in total. The number of nitrogens with zero attached hydrogens (tertiary/aromatic N) is 3. The van der Waals surface area contributed by atoms with E-state index in [0.29, 0.717) is 0 Å². The standard InChI is InChI=1S/C106H78BN3O/c1-105(2,3)74-61-85(67-33-12-7-13-34-67)103(86(62-74)68-35-14-8-15-36-68)109-93-59-72(77-50-32-54-98-101(77)84-49-28-31-53-97(84)111-98)55-57-89(93)107-90-58-56-73(100-82-47-24-22-45-80(82)99(71-41-20-11-21-42-71)81-46-23-25-48-83(81)100)60-94(90)110(96-66-76(65-95(109)102(96)107)108-91-51-29-26-43-78(91)79-44-27-30-52-92(79)108)104-87(69-37-16-9-17-38-69)63-75(106(4,5)6)64-88(104)70-39-18-10-19-40-70/h7-66H,1-6H3. The second-order valence-corrected chi connectivity index (χ2v) is 32.2. The normalized spacial score (nSPS) is 12.7. The Hall–Kier alpha value is -13.5. The smallest absolute Gasteiger partial charge is 0.252 e. The molecule has 2 aromatic heterocycles. The molecule has 0 unspecified atom stereocenters. The first-order valence-electron chi connectivity index (χ1n) is 38.9. The third kappa shape index (κ3) is 10.6. The van der Waals surface area contributed by atoms with Gasteiger partial charge in [0, 0.05) is 66.5 Å². The van der Waals surface area contributed by atoms with Gasteiger partial charge in [-0.05, 0) is 188 Å². The summed E-state index contributed by atoms with van der Waals surface area (Å²) in [6.45, 7) is 13.8. The van der Waals surface area contributed by atoms with E-state index in [4.69, 9.17) is 4.42 Å². The first kappa shape index (κ1) is 65.8. The highest BCUT2D eigenvalue weighted by Gasteiger charge is 2.47.